The Morgan fingerprint density at radius 2 is 2.12 bits per heavy atom. The minimum absolute atomic E-state index is 0.0394. The van der Waals surface area contributed by atoms with Crippen molar-refractivity contribution in [3.05, 3.63) is 34.1 Å². The molecular weight excluding hydrogens is 218 g/mol. The predicted molar refractivity (Wildman–Crippen MR) is 51.5 cm³/mol. The average Bonchev–Trinajstić information content (AvgIpc) is 2.62. The van der Waals surface area contributed by atoms with Crippen molar-refractivity contribution in [3.63, 3.8) is 0 Å². The van der Waals surface area contributed by atoms with Crippen LogP contribution in [0.4, 0.5) is 5.69 Å². The van der Waals surface area contributed by atoms with E-state index in [9.17, 15) is 20.0 Å². The molecule has 1 aromatic carbocycles. The molecule has 1 heterocycles. The molecule has 0 unspecified atom stereocenters. The number of carbonyl (C=O) groups is 1. The molecule has 0 bridgehead atoms. The van der Waals surface area contributed by atoms with E-state index in [1.165, 1.54) is 0 Å². The molecule has 2 rings (SSSR count). The number of nitro benzene ring substituents is 1. The number of nitro groups is 1. The summed E-state index contributed by atoms with van der Waals surface area (Å²) in [6.45, 7) is 0. The molecule has 7 heteroatoms. The van der Waals surface area contributed by atoms with E-state index in [-0.39, 0.29) is 22.4 Å². The van der Waals surface area contributed by atoms with Crippen LogP contribution in [0.15, 0.2) is 22.6 Å². The highest BCUT2D eigenvalue weighted by Crippen LogP contribution is 2.34. The Morgan fingerprint density at radius 3 is 2.69 bits per heavy atom. The number of fused-ring (bicyclic) bond motifs is 1. The molecule has 7 nitrogen and oxygen atoms in total. The van der Waals surface area contributed by atoms with Crippen LogP contribution >= 0.6 is 0 Å². The molecule has 0 radical (unpaired) electrons. The third-order valence-corrected chi connectivity index (χ3v) is 2.05. The van der Waals surface area contributed by atoms with Crippen molar-refractivity contribution < 1.29 is 24.3 Å². The van der Waals surface area contributed by atoms with Crippen LogP contribution in [0, 0.1) is 10.1 Å². The van der Waals surface area contributed by atoms with E-state index < -0.39 is 16.7 Å². The molecule has 0 amide bonds. The number of furan rings is 1. The molecule has 1 aromatic heterocycles. The van der Waals surface area contributed by atoms with E-state index in [4.69, 9.17) is 9.52 Å². The maximum atomic E-state index is 10.6. The Hall–Kier alpha value is -2.57. The zero-order chi connectivity index (χ0) is 11.9. The van der Waals surface area contributed by atoms with Gasteiger partial charge in [-0.3, -0.25) is 10.1 Å². The lowest BCUT2D eigenvalue weighted by Crippen LogP contribution is -1.91. The van der Waals surface area contributed by atoms with Crippen LogP contribution in [-0.4, -0.2) is 21.1 Å². The summed E-state index contributed by atoms with van der Waals surface area (Å²) in [5.41, 5.74) is -0.518. The van der Waals surface area contributed by atoms with Gasteiger partial charge in [-0.25, -0.2) is 4.79 Å². The predicted octanol–water partition coefficient (Wildman–Crippen LogP) is 1.74. The monoisotopic (exact) mass is 223 g/mol. The summed E-state index contributed by atoms with van der Waals surface area (Å²) in [6, 6.07) is 3.17. The first kappa shape index (κ1) is 9.97. The number of rotatable bonds is 2. The maximum Gasteiger partial charge on any atom is 0.371 e. The van der Waals surface area contributed by atoms with Crippen LogP contribution < -0.4 is 0 Å². The normalized spacial score (nSPS) is 10.5. The van der Waals surface area contributed by atoms with Gasteiger partial charge in [0, 0.05) is 12.1 Å². The van der Waals surface area contributed by atoms with E-state index in [1.54, 1.807) is 0 Å². The van der Waals surface area contributed by atoms with Gasteiger partial charge in [0.2, 0.25) is 5.76 Å². The fourth-order valence-electron chi connectivity index (χ4n) is 1.36. The quantitative estimate of drug-likeness (QED) is 0.592. The van der Waals surface area contributed by atoms with Crippen molar-refractivity contribution in [3.8, 4) is 5.75 Å². The first-order chi connectivity index (χ1) is 7.50. The number of aromatic carboxylic acids is 1. The van der Waals surface area contributed by atoms with Gasteiger partial charge in [-0.15, -0.1) is 0 Å². The van der Waals surface area contributed by atoms with Gasteiger partial charge in [-0.2, -0.15) is 0 Å². The number of carboxylic acid groups (broad SMARTS) is 1. The van der Waals surface area contributed by atoms with Crippen molar-refractivity contribution in [2.75, 3.05) is 0 Å². The molecule has 0 aliphatic carbocycles. The van der Waals surface area contributed by atoms with E-state index in [2.05, 4.69) is 0 Å². The molecule has 2 aromatic rings. The minimum Gasteiger partial charge on any atom is -0.504 e. The number of hydrogen-bond acceptors (Lipinski definition) is 5. The fourth-order valence-corrected chi connectivity index (χ4v) is 1.36. The molecule has 0 fully saturated rings. The number of non-ortho nitro benzene ring substituents is 1. The summed E-state index contributed by atoms with van der Waals surface area (Å²) in [5, 5.41) is 28.6. The number of aromatic hydroxyl groups is 1. The van der Waals surface area contributed by atoms with Crippen molar-refractivity contribution in [1.82, 2.24) is 0 Å². The number of phenolic OH excluding ortho intramolecular Hbond substituents is 1. The molecule has 82 valence electrons. The van der Waals surface area contributed by atoms with Gasteiger partial charge < -0.3 is 14.6 Å². The smallest absolute Gasteiger partial charge is 0.371 e. The van der Waals surface area contributed by atoms with Crippen molar-refractivity contribution in [2.45, 2.75) is 0 Å². The van der Waals surface area contributed by atoms with Crippen molar-refractivity contribution in [2.24, 2.45) is 0 Å². The van der Waals surface area contributed by atoms with Crippen molar-refractivity contribution in [1.29, 1.82) is 0 Å². The second-order valence-corrected chi connectivity index (χ2v) is 3.02. The molecule has 0 aliphatic rings. The second kappa shape index (κ2) is 3.23. The third kappa shape index (κ3) is 1.34. The Bertz CT molecular complexity index is 599. The van der Waals surface area contributed by atoms with E-state index in [1.807, 2.05) is 0 Å². The molecule has 0 aliphatic heterocycles. The first-order valence-corrected chi connectivity index (χ1v) is 4.14. The second-order valence-electron chi connectivity index (χ2n) is 3.02. The number of hydrogen-bond donors (Lipinski definition) is 2. The highest BCUT2D eigenvalue weighted by Gasteiger charge is 2.21. The molecule has 0 atom stereocenters. The summed E-state index contributed by atoms with van der Waals surface area (Å²) in [5.74, 6) is -2.16. The van der Waals surface area contributed by atoms with E-state index in [0.717, 1.165) is 18.2 Å². The summed E-state index contributed by atoms with van der Waals surface area (Å²) in [4.78, 5) is 20.6. The van der Waals surface area contributed by atoms with E-state index in [0.29, 0.717) is 0 Å². The molecular formula is C9H5NO6. The highest BCUT2D eigenvalue weighted by atomic mass is 16.6. The SMILES string of the molecule is O=C(O)c1cc2c([N+](=O)[O-])ccc(O)c2o1. The zero-order valence-corrected chi connectivity index (χ0v) is 7.71. The number of benzene rings is 1. The molecule has 0 saturated carbocycles. The van der Waals surface area contributed by atoms with Crippen LogP contribution in [-0.2, 0) is 0 Å². The average molecular weight is 223 g/mol. The van der Waals surface area contributed by atoms with Gasteiger partial charge in [0.15, 0.2) is 11.3 Å². The third-order valence-electron chi connectivity index (χ3n) is 2.05. The standard InChI is InChI=1S/C9H5NO6/c11-6-2-1-5(10(14)15)4-3-7(9(12)13)16-8(4)6/h1-3,11H,(H,12,13). The van der Waals surface area contributed by atoms with E-state index >= 15 is 0 Å². The van der Waals surface area contributed by atoms with Crippen LogP contribution in [0.25, 0.3) is 11.0 Å². The summed E-state index contributed by atoms with van der Waals surface area (Å²) in [7, 11) is 0. The molecule has 2 N–H and O–H groups in total. The minimum atomic E-state index is -1.36. The van der Waals surface area contributed by atoms with Gasteiger partial charge in [-0.1, -0.05) is 0 Å². The molecule has 0 saturated heterocycles. The van der Waals surface area contributed by atoms with Crippen LogP contribution in [0.2, 0.25) is 0 Å². The number of phenols is 1. The van der Waals surface area contributed by atoms with Gasteiger partial charge in [0.1, 0.15) is 5.39 Å². The topological polar surface area (TPSA) is 114 Å². The first-order valence-electron chi connectivity index (χ1n) is 4.14. The van der Waals surface area contributed by atoms with Gasteiger partial charge in [0.05, 0.1) is 4.92 Å². The highest BCUT2D eigenvalue weighted by molar-refractivity contribution is 5.97. The van der Waals surface area contributed by atoms with Gasteiger partial charge in [0.25, 0.3) is 5.69 Å². The van der Waals surface area contributed by atoms with Crippen LogP contribution in [0.5, 0.6) is 5.75 Å². The summed E-state index contributed by atoms with van der Waals surface area (Å²) < 4.78 is 4.80. The lowest BCUT2D eigenvalue weighted by atomic mass is 10.2. The summed E-state index contributed by atoms with van der Waals surface area (Å²) in [6.07, 6.45) is 0. The Balaban J connectivity index is 2.82. The summed E-state index contributed by atoms with van der Waals surface area (Å²) >= 11 is 0. The van der Waals surface area contributed by atoms with Gasteiger partial charge >= 0.3 is 5.97 Å². The maximum absolute atomic E-state index is 10.6. The molecule has 16 heavy (non-hydrogen) atoms. The zero-order valence-electron chi connectivity index (χ0n) is 7.71. The Morgan fingerprint density at radius 1 is 1.44 bits per heavy atom. The number of nitrogens with zero attached hydrogens (tertiary/aromatic N) is 1. The van der Waals surface area contributed by atoms with Crippen molar-refractivity contribution >= 4 is 22.6 Å². The van der Waals surface area contributed by atoms with Gasteiger partial charge in [-0.05, 0) is 6.07 Å². The van der Waals surface area contributed by atoms with Crippen LogP contribution in [0.3, 0.4) is 0 Å². The lowest BCUT2D eigenvalue weighted by molar-refractivity contribution is -0.383. The lowest BCUT2D eigenvalue weighted by Gasteiger charge is -1.94. The Labute approximate surface area is 87.7 Å². The number of carboxylic acids is 1. The Kier molecular flexibility index (Phi) is 2.01. The van der Waals surface area contributed by atoms with Crippen LogP contribution in [0.1, 0.15) is 10.6 Å². The largest absolute Gasteiger partial charge is 0.504 e. The fraction of sp³-hybridized carbons (Fsp3) is 0. The molecule has 0 spiro atoms.